The van der Waals surface area contributed by atoms with E-state index in [1.165, 1.54) is 6.26 Å². The first kappa shape index (κ1) is 29.3. The molecule has 2 amide bonds. The van der Waals surface area contributed by atoms with Crippen LogP contribution >= 0.6 is 0 Å². The minimum Gasteiger partial charge on any atom is -0.471 e. The van der Waals surface area contributed by atoms with Crippen molar-refractivity contribution in [2.45, 2.75) is 57.3 Å². The van der Waals surface area contributed by atoms with Gasteiger partial charge < -0.3 is 36.3 Å². The van der Waals surface area contributed by atoms with Gasteiger partial charge >= 0.3 is 0 Å². The largest absolute Gasteiger partial charge is 0.471 e. The first-order valence-electron chi connectivity index (χ1n) is 13.8. The van der Waals surface area contributed by atoms with Gasteiger partial charge in [-0.3, -0.25) is 19.2 Å². The maximum Gasteiger partial charge on any atom is 0.271 e. The number of carbonyl (C=O) groups is 2. The third-order valence-electron chi connectivity index (χ3n) is 6.86. The molecular formula is C27H40N8O5. The predicted molar refractivity (Wildman–Crippen MR) is 149 cm³/mol. The summed E-state index contributed by atoms with van der Waals surface area (Å²) in [4.78, 5) is 32.9. The minimum absolute atomic E-state index is 0.0392. The van der Waals surface area contributed by atoms with Gasteiger partial charge in [-0.2, -0.15) is 5.10 Å². The van der Waals surface area contributed by atoms with Crippen molar-refractivity contribution in [2.24, 2.45) is 17.2 Å². The van der Waals surface area contributed by atoms with E-state index >= 15 is 0 Å². The molecule has 4 rings (SSSR count). The van der Waals surface area contributed by atoms with Crippen molar-refractivity contribution in [3.8, 4) is 0 Å². The second-order valence-corrected chi connectivity index (χ2v) is 9.93. The summed E-state index contributed by atoms with van der Waals surface area (Å²) in [5.41, 5.74) is 18.0. The molecule has 0 aromatic carbocycles. The summed E-state index contributed by atoms with van der Waals surface area (Å²) in [6.45, 7) is 3.43. The first-order valence-corrected chi connectivity index (χ1v) is 13.8. The molecule has 6 N–H and O–H groups in total. The van der Waals surface area contributed by atoms with Crippen LogP contribution in [0.5, 0.6) is 0 Å². The number of ether oxygens (including phenoxy) is 3. The van der Waals surface area contributed by atoms with Crippen LogP contribution in [-0.4, -0.2) is 72.6 Å². The molecule has 2 aromatic heterocycles. The second kappa shape index (κ2) is 14.1. The van der Waals surface area contributed by atoms with Gasteiger partial charge in [0.2, 0.25) is 6.23 Å². The van der Waals surface area contributed by atoms with Gasteiger partial charge in [0.15, 0.2) is 5.69 Å². The van der Waals surface area contributed by atoms with Gasteiger partial charge in [0.05, 0.1) is 25.5 Å². The van der Waals surface area contributed by atoms with Gasteiger partial charge in [0.25, 0.3) is 11.8 Å². The lowest BCUT2D eigenvalue weighted by Crippen LogP contribution is -2.32. The zero-order valence-electron chi connectivity index (χ0n) is 23.0. The number of anilines is 2. The van der Waals surface area contributed by atoms with Crippen LogP contribution in [0, 0.1) is 0 Å². The highest BCUT2D eigenvalue weighted by Gasteiger charge is 2.37. The molecule has 0 bridgehead atoms. The summed E-state index contributed by atoms with van der Waals surface area (Å²) in [5.74, 6) is -0.602. The smallest absolute Gasteiger partial charge is 0.271 e. The number of aryl methyl sites for hydroxylation is 1. The van der Waals surface area contributed by atoms with Crippen molar-refractivity contribution < 1.29 is 23.8 Å². The van der Waals surface area contributed by atoms with Crippen molar-refractivity contribution in [1.29, 1.82) is 0 Å². The van der Waals surface area contributed by atoms with Gasteiger partial charge in [0, 0.05) is 50.7 Å². The SMILES string of the molecule is CN(c1cc(C2OC=C(C(N)=O)N2c2cn(CCCCCCOCCOCCN)nc2C(N)=O)ccn1)C1CC1. The lowest BCUT2D eigenvalue weighted by Gasteiger charge is -2.27. The molecule has 1 aliphatic heterocycles. The number of hydrogen-bond donors (Lipinski definition) is 3. The quantitative estimate of drug-likeness (QED) is 0.227. The van der Waals surface area contributed by atoms with Crippen LogP contribution in [0.2, 0.25) is 0 Å². The molecular weight excluding hydrogens is 516 g/mol. The number of pyridine rings is 1. The van der Waals surface area contributed by atoms with Crippen molar-refractivity contribution in [3.05, 3.63) is 47.7 Å². The van der Waals surface area contributed by atoms with E-state index in [9.17, 15) is 9.59 Å². The summed E-state index contributed by atoms with van der Waals surface area (Å²) in [6.07, 6.45) is 9.98. The van der Waals surface area contributed by atoms with Crippen LogP contribution < -0.4 is 27.0 Å². The van der Waals surface area contributed by atoms with E-state index in [1.807, 2.05) is 19.2 Å². The van der Waals surface area contributed by atoms with E-state index < -0.39 is 18.0 Å². The first-order chi connectivity index (χ1) is 19.4. The molecule has 1 aliphatic carbocycles. The Morgan fingerprint density at radius 1 is 1.07 bits per heavy atom. The molecule has 1 fully saturated rings. The van der Waals surface area contributed by atoms with Crippen LogP contribution in [0.15, 0.2) is 36.5 Å². The van der Waals surface area contributed by atoms with Gasteiger partial charge in [-0.25, -0.2) is 4.98 Å². The standard InChI is InChI=1S/C27H40N8O5/c1-33(20-6-7-20)23-16-19(8-10-31-23)27-35(22(18-40-27)25(29)36)21-17-34(32-24(21)26(30)37)11-4-2-3-5-12-38-14-15-39-13-9-28/h8,10,16-18,20,27H,2-7,9,11-15,28H2,1H3,(H2,29,36)(H2,30,37). The number of nitrogens with two attached hydrogens (primary N) is 3. The van der Waals surface area contributed by atoms with E-state index in [0.29, 0.717) is 51.2 Å². The van der Waals surface area contributed by atoms with Gasteiger partial charge in [-0.1, -0.05) is 12.8 Å². The Hall–Kier alpha value is -3.68. The molecule has 3 heterocycles. The fraction of sp³-hybridized carbons (Fsp3) is 0.556. The number of hydrogen-bond acceptors (Lipinski definition) is 10. The number of unbranched alkanes of at least 4 members (excludes halogenated alkanes) is 3. The Morgan fingerprint density at radius 3 is 2.52 bits per heavy atom. The normalized spacial score (nSPS) is 16.6. The fourth-order valence-corrected chi connectivity index (χ4v) is 4.58. The molecule has 13 nitrogen and oxygen atoms in total. The zero-order valence-corrected chi connectivity index (χ0v) is 23.0. The maximum absolute atomic E-state index is 12.4. The van der Waals surface area contributed by atoms with Crippen molar-refractivity contribution >= 4 is 23.3 Å². The average molecular weight is 557 g/mol. The molecule has 1 atom stereocenters. The number of rotatable bonds is 18. The summed E-state index contributed by atoms with van der Waals surface area (Å²) in [7, 11) is 2.01. The Labute approximate surface area is 234 Å². The van der Waals surface area contributed by atoms with E-state index in [-0.39, 0.29) is 11.4 Å². The molecule has 40 heavy (non-hydrogen) atoms. The highest BCUT2D eigenvalue weighted by molar-refractivity contribution is 6.01. The van der Waals surface area contributed by atoms with Crippen molar-refractivity contribution in [1.82, 2.24) is 14.8 Å². The number of carbonyl (C=O) groups excluding carboxylic acids is 2. The summed E-state index contributed by atoms with van der Waals surface area (Å²) in [6, 6.07) is 4.19. The van der Waals surface area contributed by atoms with Crippen LogP contribution in [0.4, 0.5) is 11.5 Å². The molecule has 0 saturated heterocycles. The number of primary amides is 2. The van der Waals surface area contributed by atoms with Gasteiger partial charge in [-0.15, -0.1) is 0 Å². The van der Waals surface area contributed by atoms with Crippen LogP contribution in [0.25, 0.3) is 0 Å². The topological polar surface area (TPSA) is 177 Å². The lowest BCUT2D eigenvalue weighted by atomic mass is 10.1. The fourth-order valence-electron chi connectivity index (χ4n) is 4.58. The van der Waals surface area contributed by atoms with Crippen LogP contribution in [0.1, 0.15) is 60.8 Å². The predicted octanol–water partition coefficient (Wildman–Crippen LogP) is 1.39. The minimum atomic E-state index is -0.742. The highest BCUT2D eigenvalue weighted by atomic mass is 16.5. The van der Waals surface area contributed by atoms with E-state index in [2.05, 4.69) is 15.0 Å². The summed E-state index contributed by atoms with van der Waals surface area (Å²) >= 11 is 0. The number of nitrogens with zero attached hydrogens (tertiary/aromatic N) is 5. The average Bonchev–Trinajstić information content (AvgIpc) is 3.55. The van der Waals surface area contributed by atoms with Gasteiger partial charge in [0.1, 0.15) is 17.8 Å². The van der Waals surface area contributed by atoms with Crippen molar-refractivity contribution in [3.63, 3.8) is 0 Å². The molecule has 1 unspecified atom stereocenters. The van der Waals surface area contributed by atoms with Gasteiger partial charge in [-0.05, 0) is 37.8 Å². The third kappa shape index (κ3) is 7.49. The number of aromatic nitrogens is 3. The molecule has 2 aromatic rings. The molecule has 0 spiro atoms. The monoisotopic (exact) mass is 556 g/mol. The number of amides is 2. The van der Waals surface area contributed by atoms with E-state index in [1.54, 1.807) is 22.0 Å². The Balaban J connectivity index is 1.40. The summed E-state index contributed by atoms with van der Waals surface area (Å²) in [5, 5.41) is 4.43. The third-order valence-corrected chi connectivity index (χ3v) is 6.86. The molecule has 13 heteroatoms. The van der Waals surface area contributed by atoms with E-state index in [4.69, 9.17) is 31.4 Å². The molecule has 218 valence electrons. The van der Waals surface area contributed by atoms with Crippen LogP contribution in [0.3, 0.4) is 0 Å². The zero-order chi connectivity index (χ0) is 28.5. The Kier molecular flexibility index (Phi) is 10.3. The summed E-state index contributed by atoms with van der Waals surface area (Å²) < 4.78 is 18.4. The molecule has 2 aliphatic rings. The second-order valence-electron chi connectivity index (χ2n) is 9.93. The Bertz CT molecular complexity index is 1180. The lowest BCUT2D eigenvalue weighted by molar-refractivity contribution is -0.114. The molecule has 0 radical (unpaired) electrons. The Morgan fingerprint density at radius 2 is 1.82 bits per heavy atom. The van der Waals surface area contributed by atoms with Crippen LogP contribution in [-0.2, 0) is 25.5 Å². The maximum atomic E-state index is 12.4. The van der Waals surface area contributed by atoms with Crippen molar-refractivity contribution in [2.75, 3.05) is 49.8 Å². The van der Waals surface area contributed by atoms with E-state index in [0.717, 1.165) is 49.9 Å². The highest BCUT2D eigenvalue weighted by Crippen LogP contribution is 2.39. The molecule has 1 saturated carbocycles.